The number of nitrogens with zero attached hydrogens (tertiary/aromatic N) is 1. The first-order valence-electron chi connectivity index (χ1n) is 7.29. The SMILES string of the molecule is CCc1ccccc1N=C1NC(=O)C(=Cc2ccc(F)cc2)S1. The van der Waals surface area contributed by atoms with Gasteiger partial charge in [0, 0.05) is 0 Å². The molecule has 0 spiro atoms. The van der Waals surface area contributed by atoms with Crippen molar-refractivity contribution in [3.05, 3.63) is 70.4 Å². The molecule has 3 nitrogen and oxygen atoms in total. The lowest BCUT2D eigenvalue weighted by atomic mass is 10.1. The van der Waals surface area contributed by atoms with E-state index in [0.717, 1.165) is 23.2 Å². The molecule has 0 radical (unpaired) electrons. The molecule has 0 unspecified atom stereocenters. The molecule has 1 aliphatic heterocycles. The highest BCUT2D eigenvalue weighted by Gasteiger charge is 2.23. The quantitative estimate of drug-likeness (QED) is 0.855. The van der Waals surface area contributed by atoms with Crippen LogP contribution in [0.4, 0.5) is 10.1 Å². The Morgan fingerprint density at radius 2 is 1.91 bits per heavy atom. The van der Waals surface area contributed by atoms with Crippen LogP contribution in [0.1, 0.15) is 18.1 Å². The van der Waals surface area contributed by atoms with Gasteiger partial charge in [0.05, 0.1) is 10.6 Å². The van der Waals surface area contributed by atoms with E-state index in [1.54, 1.807) is 18.2 Å². The highest BCUT2D eigenvalue weighted by molar-refractivity contribution is 8.18. The number of rotatable bonds is 3. The molecule has 1 N–H and O–H groups in total. The zero-order chi connectivity index (χ0) is 16.2. The average molecular weight is 326 g/mol. The van der Waals surface area contributed by atoms with Crippen LogP contribution in [-0.4, -0.2) is 11.1 Å². The van der Waals surface area contributed by atoms with Crippen LogP contribution in [-0.2, 0) is 11.2 Å². The number of hydrogen-bond donors (Lipinski definition) is 1. The molecule has 3 rings (SSSR count). The molecule has 23 heavy (non-hydrogen) atoms. The van der Waals surface area contributed by atoms with Crippen molar-refractivity contribution < 1.29 is 9.18 Å². The molecule has 0 atom stereocenters. The third kappa shape index (κ3) is 3.68. The lowest BCUT2D eigenvalue weighted by Crippen LogP contribution is -2.19. The molecule has 5 heteroatoms. The van der Waals surface area contributed by atoms with Gasteiger partial charge in [0.2, 0.25) is 0 Å². The number of hydrogen-bond acceptors (Lipinski definition) is 3. The van der Waals surface area contributed by atoms with Gasteiger partial charge in [-0.3, -0.25) is 4.79 Å². The van der Waals surface area contributed by atoms with Crippen LogP contribution in [0.25, 0.3) is 6.08 Å². The Hall–Kier alpha value is -2.40. The third-order valence-corrected chi connectivity index (χ3v) is 4.32. The maximum absolute atomic E-state index is 12.9. The van der Waals surface area contributed by atoms with E-state index >= 15 is 0 Å². The number of carbonyl (C=O) groups excluding carboxylic acids is 1. The minimum Gasteiger partial charge on any atom is -0.300 e. The molecule has 2 aromatic carbocycles. The first-order chi connectivity index (χ1) is 11.2. The largest absolute Gasteiger partial charge is 0.300 e. The van der Waals surface area contributed by atoms with E-state index < -0.39 is 0 Å². The minimum absolute atomic E-state index is 0.188. The van der Waals surface area contributed by atoms with Gasteiger partial charge >= 0.3 is 0 Å². The average Bonchev–Trinajstić information content (AvgIpc) is 2.89. The Morgan fingerprint density at radius 1 is 1.17 bits per heavy atom. The second-order valence-electron chi connectivity index (χ2n) is 5.02. The van der Waals surface area contributed by atoms with Crippen molar-refractivity contribution in [3.63, 3.8) is 0 Å². The van der Waals surface area contributed by atoms with Gasteiger partial charge in [0.15, 0.2) is 5.17 Å². The summed E-state index contributed by atoms with van der Waals surface area (Å²) in [6.07, 6.45) is 2.61. The molecule has 116 valence electrons. The number of thioether (sulfide) groups is 1. The number of carbonyl (C=O) groups is 1. The Balaban J connectivity index is 1.84. The number of aryl methyl sites for hydroxylation is 1. The van der Waals surface area contributed by atoms with Crippen molar-refractivity contribution in [2.75, 3.05) is 0 Å². The maximum Gasteiger partial charge on any atom is 0.264 e. The molecular weight excluding hydrogens is 311 g/mol. The molecule has 0 aliphatic carbocycles. The normalized spacial score (nSPS) is 17.7. The summed E-state index contributed by atoms with van der Waals surface area (Å²) in [6, 6.07) is 13.9. The molecule has 1 saturated heterocycles. The van der Waals surface area contributed by atoms with Gasteiger partial charge in [0.25, 0.3) is 5.91 Å². The van der Waals surface area contributed by atoms with Crippen molar-refractivity contribution in [2.24, 2.45) is 4.99 Å². The highest BCUT2D eigenvalue weighted by atomic mass is 32.2. The second kappa shape index (κ2) is 6.79. The van der Waals surface area contributed by atoms with Crippen molar-refractivity contribution in [2.45, 2.75) is 13.3 Å². The number of aliphatic imine (C=N–C) groups is 1. The summed E-state index contributed by atoms with van der Waals surface area (Å²) in [6.45, 7) is 2.07. The third-order valence-electron chi connectivity index (χ3n) is 3.41. The predicted octanol–water partition coefficient (Wildman–Crippen LogP) is 4.28. The van der Waals surface area contributed by atoms with Gasteiger partial charge in [-0.25, -0.2) is 9.38 Å². The number of nitrogens with one attached hydrogen (secondary N) is 1. The number of halogens is 1. The smallest absolute Gasteiger partial charge is 0.264 e. The van der Waals surface area contributed by atoms with Crippen molar-refractivity contribution in [1.29, 1.82) is 0 Å². The Morgan fingerprint density at radius 3 is 2.65 bits per heavy atom. The summed E-state index contributed by atoms with van der Waals surface area (Å²) in [5.41, 5.74) is 2.77. The molecule has 0 aromatic heterocycles. The molecule has 1 heterocycles. The Bertz CT molecular complexity index is 797. The molecular formula is C18H15FN2OS. The van der Waals surface area contributed by atoms with Gasteiger partial charge in [0.1, 0.15) is 5.82 Å². The van der Waals surface area contributed by atoms with Crippen LogP contribution in [0, 0.1) is 5.82 Å². The summed E-state index contributed by atoms with van der Waals surface area (Å²) in [5, 5.41) is 3.33. The number of benzene rings is 2. The summed E-state index contributed by atoms with van der Waals surface area (Å²) < 4.78 is 12.9. The molecule has 0 saturated carbocycles. The zero-order valence-corrected chi connectivity index (χ0v) is 13.4. The van der Waals surface area contributed by atoms with E-state index in [9.17, 15) is 9.18 Å². The fraction of sp³-hybridized carbons (Fsp3) is 0.111. The maximum atomic E-state index is 12.9. The summed E-state index contributed by atoms with van der Waals surface area (Å²) in [7, 11) is 0. The highest BCUT2D eigenvalue weighted by Crippen LogP contribution is 2.29. The summed E-state index contributed by atoms with van der Waals surface area (Å²) in [4.78, 5) is 17.1. The van der Waals surface area contributed by atoms with Gasteiger partial charge in [-0.15, -0.1) is 0 Å². The summed E-state index contributed by atoms with van der Waals surface area (Å²) in [5.74, 6) is -0.485. The fourth-order valence-electron chi connectivity index (χ4n) is 2.22. The van der Waals surface area contributed by atoms with E-state index in [1.807, 2.05) is 24.3 Å². The van der Waals surface area contributed by atoms with Crippen LogP contribution in [0.5, 0.6) is 0 Å². The fourth-order valence-corrected chi connectivity index (χ4v) is 3.05. The topological polar surface area (TPSA) is 41.5 Å². The molecule has 0 bridgehead atoms. The Kier molecular flexibility index (Phi) is 4.57. The zero-order valence-electron chi connectivity index (χ0n) is 12.5. The standard InChI is InChI=1S/C18H15FN2OS/c1-2-13-5-3-4-6-15(13)20-18-21-17(22)16(23-18)11-12-7-9-14(19)10-8-12/h3-11H,2H2,1H3,(H,20,21,22). The molecule has 1 aliphatic rings. The number of amides is 1. The van der Waals surface area contributed by atoms with Crippen molar-refractivity contribution >= 4 is 34.6 Å². The van der Waals surface area contributed by atoms with Crippen LogP contribution >= 0.6 is 11.8 Å². The summed E-state index contributed by atoms with van der Waals surface area (Å²) >= 11 is 1.29. The van der Waals surface area contributed by atoms with Crippen molar-refractivity contribution in [3.8, 4) is 0 Å². The van der Waals surface area contributed by atoms with Crippen LogP contribution < -0.4 is 5.32 Å². The van der Waals surface area contributed by atoms with E-state index in [-0.39, 0.29) is 11.7 Å². The number of para-hydroxylation sites is 1. The van der Waals surface area contributed by atoms with Gasteiger partial charge in [-0.2, -0.15) is 0 Å². The van der Waals surface area contributed by atoms with E-state index in [4.69, 9.17) is 0 Å². The van der Waals surface area contributed by atoms with Gasteiger partial charge < -0.3 is 5.32 Å². The van der Waals surface area contributed by atoms with Crippen LogP contribution in [0.2, 0.25) is 0 Å². The first-order valence-corrected chi connectivity index (χ1v) is 8.10. The Labute approximate surface area is 138 Å². The van der Waals surface area contributed by atoms with Crippen LogP contribution in [0.3, 0.4) is 0 Å². The second-order valence-corrected chi connectivity index (χ2v) is 6.05. The molecule has 1 fully saturated rings. The lowest BCUT2D eigenvalue weighted by Gasteiger charge is -2.02. The van der Waals surface area contributed by atoms with E-state index in [0.29, 0.717) is 10.1 Å². The lowest BCUT2D eigenvalue weighted by molar-refractivity contribution is -0.115. The predicted molar refractivity (Wildman–Crippen MR) is 93.0 cm³/mol. The molecule has 1 amide bonds. The molecule has 2 aromatic rings. The van der Waals surface area contributed by atoms with Crippen molar-refractivity contribution in [1.82, 2.24) is 5.32 Å². The first kappa shape index (κ1) is 15.5. The van der Waals surface area contributed by atoms with E-state index in [1.165, 1.54) is 23.9 Å². The van der Waals surface area contributed by atoms with Crippen LogP contribution in [0.15, 0.2) is 58.4 Å². The minimum atomic E-state index is -0.297. The number of amidine groups is 1. The monoisotopic (exact) mass is 326 g/mol. The van der Waals surface area contributed by atoms with Gasteiger partial charge in [-0.05, 0) is 53.6 Å². The van der Waals surface area contributed by atoms with E-state index in [2.05, 4.69) is 17.2 Å². The van der Waals surface area contributed by atoms with Gasteiger partial charge in [-0.1, -0.05) is 37.3 Å².